The minimum absolute atomic E-state index is 0.208. The van der Waals surface area contributed by atoms with Crippen LogP contribution in [0, 0.1) is 6.92 Å². The largest absolute Gasteiger partial charge is 0.465 e. The number of carbonyl (C=O) groups excluding carboxylic acids is 1. The fraction of sp³-hybridized carbons (Fsp3) is 0.632. The Labute approximate surface area is 159 Å². The predicted molar refractivity (Wildman–Crippen MR) is 109 cm³/mol. The lowest BCUT2D eigenvalue weighted by Crippen LogP contribution is -2.44. The Hall–Kier alpha value is -0.943. The molecule has 7 heteroatoms. The molecule has 0 aliphatic rings. The highest BCUT2D eigenvalue weighted by Gasteiger charge is 2.52. The van der Waals surface area contributed by atoms with Crippen molar-refractivity contribution in [3.63, 3.8) is 0 Å². The minimum Gasteiger partial charge on any atom is -0.465 e. The molecule has 0 aromatic heterocycles. The summed E-state index contributed by atoms with van der Waals surface area (Å²) in [5.74, 6) is -0.509. The maximum atomic E-state index is 13.6. The van der Waals surface area contributed by atoms with E-state index in [2.05, 4.69) is 19.6 Å². The van der Waals surface area contributed by atoms with Gasteiger partial charge in [0.1, 0.15) is 0 Å². The highest BCUT2D eigenvalue weighted by atomic mass is 31.2. The van der Waals surface area contributed by atoms with Gasteiger partial charge < -0.3 is 13.8 Å². The molecule has 2 atom stereocenters. The van der Waals surface area contributed by atoms with Crippen molar-refractivity contribution in [1.82, 2.24) is 0 Å². The normalized spacial score (nSPS) is 14.7. The zero-order chi connectivity index (χ0) is 20.0. The number of esters is 1. The lowest BCUT2D eigenvalue weighted by Gasteiger charge is -2.37. The Balaban J connectivity index is 3.58. The molecule has 0 fully saturated rings. The fourth-order valence-electron chi connectivity index (χ4n) is 3.16. The molecule has 26 heavy (non-hydrogen) atoms. The molecule has 1 aromatic carbocycles. The summed E-state index contributed by atoms with van der Waals surface area (Å²) in [6.45, 7) is 14.4. The standard InChI is InChI=1S/C19H33O5PSi/c1-8-22-19(20)17(25(21,23-9-2)24-10-3)18(26(5,6)7)16-13-11-15(4)12-14-16/h11-14,17-18H,8-10H2,1-7H3. The Morgan fingerprint density at radius 1 is 1.00 bits per heavy atom. The second-order valence-corrected chi connectivity index (χ2v) is 14.8. The van der Waals surface area contributed by atoms with Crippen LogP contribution in [0.4, 0.5) is 0 Å². The number of aryl methyl sites for hydroxylation is 1. The molecule has 0 radical (unpaired) electrons. The molecule has 1 aromatic rings. The second-order valence-electron chi connectivity index (χ2n) is 7.33. The first kappa shape index (κ1) is 23.1. The predicted octanol–water partition coefficient (Wildman–Crippen LogP) is 5.15. The van der Waals surface area contributed by atoms with E-state index >= 15 is 0 Å². The molecule has 0 N–H and O–H groups in total. The molecule has 0 aliphatic carbocycles. The van der Waals surface area contributed by atoms with Gasteiger partial charge in [0.15, 0.2) is 5.66 Å². The number of hydrogen-bond acceptors (Lipinski definition) is 5. The van der Waals surface area contributed by atoms with Gasteiger partial charge in [-0.1, -0.05) is 49.5 Å². The molecule has 0 saturated heterocycles. The van der Waals surface area contributed by atoms with Gasteiger partial charge in [-0.3, -0.25) is 9.36 Å². The van der Waals surface area contributed by atoms with Gasteiger partial charge in [-0.05, 0) is 33.3 Å². The zero-order valence-corrected chi connectivity index (χ0v) is 19.0. The van der Waals surface area contributed by atoms with Crippen LogP contribution in [0.15, 0.2) is 24.3 Å². The van der Waals surface area contributed by atoms with Crippen molar-refractivity contribution in [2.45, 2.75) is 58.5 Å². The van der Waals surface area contributed by atoms with E-state index in [9.17, 15) is 9.36 Å². The summed E-state index contributed by atoms with van der Waals surface area (Å²) >= 11 is 0. The summed E-state index contributed by atoms with van der Waals surface area (Å²) in [6.07, 6.45) is 0. The third-order valence-corrected chi connectivity index (χ3v) is 9.41. The van der Waals surface area contributed by atoms with Gasteiger partial charge >= 0.3 is 13.6 Å². The van der Waals surface area contributed by atoms with Crippen LogP contribution in [0.2, 0.25) is 19.6 Å². The van der Waals surface area contributed by atoms with Gasteiger partial charge in [-0.2, -0.15) is 0 Å². The Morgan fingerprint density at radius 3 is 1.88 bits per heavy atom. The van der Waals surface area contributed by atoms with E-state index in [-0.39, 0.29) is 25.4 Å². The van der Waals surface area contributed by atoms with Gasteiger partial charge in [0.05, 0.1) is 27.9 Å². The third kappa shape index (κ3) is 5.78. The summed E-state index contributed by atoms with van der Waals surface area (Å²) in [5, 5.41) is 0. The van der Waals surface area contributed by atoms with Crippen LogP contribution in [-0.4, -0.2) is 39.5 Å². The van der Waals surface area contributed by atoms with E-state index in [1.54, 1.807) is 20.8 Å². The Kier molecular flexibility index (Phi) is 8.74. The van der Waals surface area contributed by atoms with E-state index in [1.807, 2.05) is 31.2 Å². The van der Waals surface area contributed by atoms with E-state index in [4.69, 9.17) is 13.8 Å². The second kappa shape index (κ2) is 9.84. The molecule has 0 saturated carbocycles. The van der Waals surface area contributed by atoms with Crippen LogP contribution in [0.1, 0.15) is 37.4 Å². The molecular weight excluding hydrogens is 367 g/mol. The molecule has 1 rings (SSSR count). The highest BCUT2D eigenvalue weighted by Crippen LogP contribution is 2.59. The number of benzene rings is 1. The van der Waals surface area contributed by atoms with Crippen molar-refractivity contribution in [1.29, 1.82) is 0 Å². The molecular formula is C19H33O5PSi. The summed E-state index contributed by atoms with van der Waals surface area (Å²) in [4.78, 5) is 12.9. The smallest absolute Gasteiger partial charge is 0.345 e. The van der Waals surface area contributed by atoms with Crippen LogP contribution in [0.5, 0.6) is 0 Å². The van der Waals surface area contributed by atoms with Gasteiger partial charge in [-0.15, -0.1) is 0 Å². The number of rotatable bonds is 10. The third-order valence-electron chi connectivity index (χ3n) is 4.17. The first-order valence-corrected chi connectivity index (χ1v) is 14.4. The van der Waals surface area contributed by atoms with Crippen LogP contribution < -0.4 is 0 Å². The average Bonchev–Trinajstić information content (AvgIpc) is 2.53. The van der Waals surface area contributed by atoms with E-state index in [0.29, 0.717) is 0 Å². The lowest BCUT2D eigenvalue weighted by atomic mass is 10.1. The van der Waals surface area contributed by atoms with E-state index in [1.165, 1.54) is 0 Å². The molecule has 0 bridgehead atoms. The van der Waals surface area contributed by atoms with Crippen molar-refractivity contribution in [2.24, 2.45) is 0 Å². The van der Waals surface area contributed by atoms with Gasteiger partial charge in [0.25, 0.3) is 0 Å². The van der Waals surface area contributed by atoms with Gasteiger partial charge in [0.2, 0.25) is 0 Å². The molecule has 0 spiro atoms. The molecule has 0 heterocycles. The topological polar surface area (TPSA) is 61.8 Å². The molecule has 0 aliphatic heterocycles. The van der Waals surface area contributed by atoms with Crippen LogP contribution in [0.3, 0.4) is 0 Å². The summed E-state index contributed by atoms with van der Waals surface area (Å²) in [7, 11) is -5.69. The van der Waals surface area contributed by atoms with Crippen molar-refractivity contribution in [3.05, 3.63) is 35.4 Å². The first-order valence-electron chi connectivity index (χ1n) is 9.22. The van der Waals surface area contributed by atoms with Crippen LogP contribution in [-0.2, 0) is 23.1 Å². The van der Waals surface area contributed by atoms with Crippen LogP contribution in [0.25, 0.3) is 0 Å². The van der Waals surface area contributed by atoms with Crippen molar-refractivity contribution >= 4 is 21.6 Å². The maximum Gasteiger partial charge on any atom is 0.345 e. The summed E-state index contributed by atoms with van der Waals surface area (Å²) in [6, 6.07) is 8.04. The lowest BCUT2D eigenvalue weighted by molar-refractivity contribution is -0.143. The molecule has 0 amide bonds. The Bertz CT molecular complexity index is 614. The number of carbonyl (C=O) groups is 1. The molecule has 2 unspecified atom stereocenters. The van der Waals surface area contributed by atoms with Gasteiger partial charge in [-0.25, -0.2) is 0 Å². The quantitative estimate of drug-likeness (QED) is 0.309. The first-order chi connectivity index (χ1) is 12.1. The average molecular weight is 401 g/mol. The molecule has 5 nitrogen and oxygen atoms in total. The number of ether oxygens (including phenoxy) is 1. The Morgan fingerprint density at radius 2 is 1.50 bits per heavy atom. The number of hydrogen-bond donors (Lipinski definition) is 0. The van der Waals surface area contributed by atoms with Crippen molar-refractivity contribution in [2.75, 3.05) is 19.8 Å². The monoisotopic (exact) mass is 400 g/mol. The summed E-state index contributed by atoms with van der Waals surface area (Å²) < 4.78 is 30.1. The van der Waals surface area contributed by atoms with E-state index < -0.39 is 27.3 Å². The van der Waals surface area contributed by atoms with Crippen LogP contribution >= 0.6 is 7.60 Å². The molecule has 148 valence electrons. The van der Waals surface area contributed by atoms with Crippen molar-refractivity contribution < 1.29 is 23.1 Å². The fourth-order valence-corrected chi connectivity index (χ4v) is 9.31. The SMILES string of the molecule is CCOC(=O)C(C(c1ccc(C)cc1)[Si](C)(C)C)P(=O)(OCC)OCC. The van der Waals surface area contributed by atoms with E-state index in [0.717, 1.165) is 11.1 Å². The minimum atomic E-state index is -3.69. The van der Waals surface area contributed by atoms with Gasteiger partial charge in [0, 0.05) is 5.54 Å². The zero-order valence-electron chi connectivity index (χ0n) is 17.1. The maximum absolute atomic E-state index is 13.6. The highest BCUT2D eigenvalue weighted by molar-refractivity contribution is 7.56. The summed E-state index contributed by atoms with van der Waals surface area (Å²) in [5.41, 5.74) is 0.906. The van der Waals surface area contributed by atoms with Crippen molar-refractivity contribution in [3.8, 4) is 0 Å².